The van der Waals surface area contributed by atoms with Crippen LogP contribution in [0.2, 0.25) is 0 Å². The van der Waals surface area contributed by atoms with Crippen LogP contribution in [-0.4, -0.2) is 24.2 Å². The third-order valence-corrected chi connectivity index (χ3v) is 6.42. The molecule has 1 aliphatic heterocycles. The fourth-order valence-electron chi connectivity index (χ4n) is 3.66. The summed E-state index contributed by atoms with van der Waals surface area (Å²) in [5, 5.41) is 2.30. The number of hydrogen-bond donors (Lipinski definition) is 1. The molecule has 1 fully saturated rings. The minimum absolute atomic E-state index is 0.0850. The minimum Gasteiger partial charge on any atom is -0.494 e. The molecule has 0 aromatic heterocycles. The number of ether oxygens (including phenoxy) is 1. The summed E-state index contributed by atoms with van der Waals surface area (Å²) in [7, 11) is 0. The van der Waals surface area contributed by atoms with E-state index in [9.17, 15) is 22.8 Å². The lowest BCUT2D eigenvalue weighted by Crippen LogP contribution is -2.28. The Morgan fingerprint density at radius 1 is 1.09 bits per heavy atom. The molecule has 9 heteroatoms. The van der Waals surface area contributed by atoms with Gasteiger partial charge >= 0.3 is 6.18 Å². The zero-order valence-electron chi connectivity index (χ0n) is 18.1. The number of carbonyl (C=O) groups is 2. The maximum atomic E-state index is 13.1. The Labute approximate surface area is 198 Å². The summed E-state index contributed by atoms with van der Waals surface area (Å²) >= 11 is 1.41. The number of anilines is 2. The number of nitrogens with one attached hydrogen (secondary N) is 1. The van der Waals surface area contributed by atoms with Gasteiger partial charge in [0.15, 0.2) is 0 Å². The molecular formula is C25H21F3N2O3S. The van der Waals surface area contributed by atoms with E-state index in [2.05, 4.69) is 5.32 Å². The smallest absolute Gasteiger partial charge is 0.416 e. The molecule has 1 N–H and O–H groups in total. The lowest BCUT2D eigenvalue weighted by Gasteiger charge is -2.26. The van der Waals surface area contributed by atoms with E-state index in [0.29, 0.717) is 29.3 Å². The van der Waals surface area contributed by atoms with Crippen molar-refractivity contribution in [3.8, 4) is 5.75 Å². The molecule has 0 radical (unpaired) electrons. The molecule has 1 heterocycles. The first-order valence-corrected chi connectivity index (χ1v) is 11.6. The molecule has 5 nitrogen and oxygen atoms in total. The predicted molar refractivity (Wildman–Crippen MR) is 126 cm³/mol. The third-order valence-electron chi connectivity index (χ3n) is 5.22. The molecule has 1 aliphatic rings. The summed E-state index contributed by atoms with van der Waals surface area (Å²) in [4.78, 5) is 27.2. The van der Waals surface area contributed by atoms with E-state index in [1.165, 1.54) is 23.9 Å². The molecule has 0 bridgehead atoms. The Hall–Kier alpha value is -3.46. The molecule has 0 saturated carbocycles. The van der Waals surface area contributed by atoms with Crippen molar-refractivity contribution >= 4 is 35.0 Å². The standard InChI is InChI=1S/C25H21F3N2O3S/c1-2-33-19-12-10-18(11-13-19)30-22(31)15-34-24(30)20-8-3-4-9-21(20)29-23(32)16-6-5-7-17(14-16)25(26,27)28/h3-14,24H,2,15H2,1H3,(H,29,32)/t24-/m1/s1. The van der Waals surface area contributed by atoms with Gasteiger partial charge in [0.25, 0.3) is 5.91 Å². The van der Waals surface area contributed by atoms with Crippen molar-refractivity contribution in [1.82, 2.24) is 0 Å². The zero-order chi connectivity index (χ0) is 24.3. The number of para-hydroxylation sites is 1. The molecule has 0 aliphatic carbocycles. The number of nitrogens with zero attached hydrogens (tertiary/aromatic N) is 1. The van der Waals surface area contributed by atoms with E-state index in [0.717, 1.165) is 12.1 Å². The van der Waals surface area contributed by atoms with E-state index in [1.807, 2.05) is 6.92 Å². The Morgan fingerprint density at radius 3 is 2.53 bits per heavy atom. The number of rotatable bonds is 6. The van der Waals surface area contributed by atoms with Crippen LogP contribution in [0, 0.1) is 0 Å². The third kappa shape index (κ3) is 5.04. The number of carbonyl (C=O) groups excluding carboxylic acids is 2. The van der Waals surface area contributed by atoms with Gasteiger partial charge in [-0.1, -0.05) is 24.3 Å². The van der Waals surface area contributed by atoms with Gasteiger partial charge in [-0.2, -0.15) is 13.2 Å². The summed E-state index contributed by atoms with van der Waals surface area (Å²) in [5.74, 6) is 0.197. The average molecular weight is 487 g/mol. The topological polar surface area (TPSA) is 58.6 Å². The van der Waals surface area contributed by atoms with E-state index in [-0.39, 0.29) is 17.2 Å². The van der Waals surface area contributed by atoms with Gasteiger partial charge in [0, 0.05) is 22.5 Å². The van der Waals surface area contributed by atoms with Crippen molar-refractivity contribution in [2.24, 2.45) is 0 Å². The normalized spacial score (nSPS) is 15.9. The molecular weight excluding hydrogens is 465 g/mol. The molecule has 0 unspecified atom stereocenters. The molecule has 34 heavy (non-hydrogen) atoms. The number of halogens is 3. The first-order chi connectivity index (χ1) is 16.3. The van der Waals surface area contributed by atoms with Crippen LogP contribution in [0.3, 0.4) is 0 Å². The summed E-state index contributed by atoms with van der Waals surface area (Å²) in [6.07, 6.45) is -4.55. The number of thioether (sulfide) groups is 1. The first kappa shape index (κ1) is 23.7. The van der Waals surface area contributed by atoms with Crippen molar-refractivity contribution in [2.75, 3.05) is 22.6 Å². The number of amides is 2. The highest BCUT2D eigenvalue weighted by Crippen LogP contribution is 2.44. The second kappa shape index (κ2) is 9.80. The van der Waals surface area contributed by atoms with Crippen LogP contribution < -0.4 is 15.0 Å². The molecule has 2 amide bonds. The number of hydrogen-bond acceptors (Lipinski definition) is 4. The van der Waals surface area contributed by atoms with Crippen molar-refractivity contribution < 1.29 is 27.5 Å². The Bertz CT molecular complexity index is 1200. The Kier molecular flexibility index (Phi) is 6.83. The monoisotopic (exact) mass is 486 g/mol. The lowest BCUT2D eigenvalue weighted by molar-refractivity contribution is -0.137. The van der Waals surface area contributed by atoms with Crippen LogP contribution in [0.5, 0.6) is 5.75 Å². The highest BCUT2D eigenvalue weighted by molar-refractivity contribution is 8.00. The van der Waals surface area contributed by atoms with Crippen molar-refractivity contribution in [2.45, 2.75) is 18.5 Å². The molecule has 3 aromatic rings. The lowest BCUT2D eigenvalue weighted by atomic mass is 10.1. The summed E-state index contributed by atoms with van der Waals surface area (Å²) in [5.41, 5.74) is 0.776. The second-order valence-corrected chi connectivity index (χ2v) is 8.54. The van der Waals surface area contributed by atoms with Crippen molar-refractivity contribution in [1.29, 1.82) is 0 Å². The molecule has 1 saturated heterocycles. The van der Waals surface area contributed by atoms with Crippen LogP contribution in [0.15, 0.2) is 72.8 Å². The van der Waals surface area contributed by atoms with Crippen LogP contribution in [0.4, 0.5) is 24.5 Å². The first-order valence-electron chi connectivity index (χ1n) is 10.5. The Balaban J connectivity index is 1.61. The van der Waals surface area contributed by atoms with E-state index in [4.69, 9.17) is 4.74 Å². The van der Waals surface area contributed by atoms with Crippen LogP contribution in [-0.2, 0) is 11.0 Å². The number of benzene rings is 3. The maximum absolute atomic E-state index is 13.1. The largest absolute Gasteiger partial charge is 0.494 e. The summed E-state index contributed by atoms with van der Waals surface area (Å²) in [6.45, 7) is 2.41. The fourth-order valence-corrected chi connectivity index (χ4v) is 4.87. The fraction of sp³-hybridized carbons (Fsp3) is 0.200. The minimum atomic E-state index is -4.55. The SMILES string of the molecule is CCOc1ccc(N2C(=O)CS[C@@H]2c2ccccc2NC(=O)c2cccc(C(F)(F)F)c2)cc1. The maximum Gasteiger partial charge on any atom is 0.416 e. The van der Waals surface area contributed by atoms with Gasteiger partial charge in [-0.15, -0.1) is 11.8 Å². The van der Waals surface area contributed by atoms with E-state index < -0.39 is 23.0 Å². The highest BCUT2D eigenvalue weighted by Gasteiger charge is 2.36. The predicted octanol–water partition coefficient (Wildman–Crippen LogP) is 6.14. The van der Waals surface area contributed by atoms with Gasteiger partial charge in [0.2, 0.25) is 5.91 Å². The zero-order valence-corrected chi connectivity index (χ0v) is 19.0. The highest BCUT2D eigenvalue weighted by atomic mass is 32.2. The summed E-state index contributed by atoms with van der Waals surface area (Å²) < 4.78 is 44.6. The molecule has 0 spiro atoms. The van der Waals surface area contributed by atoms with Crippen molar-refractivity contribution in [3.63, 3.8) is 0 Å². The van der Waals surface area contributed by atoms with Gasteiger partial charge < -0.3 is 10.1 Å². The molecule has 4 rings (SSSR count). The molecule has 176 valence electrons. The van der Waals surface area contributed by atoms with E-state index >= 15 is 0 Å². The second-order valence-electron chi connectivity index (χ2n) is 7.47. The molecule has 1 atom stereocenters. The molecule has 3 aromatic carbocycles. The van der Waals surface area contributed by atoms with Gasteiger partial charge in [0.05, 0.1) is 17.9 Å². The van der Waals surface area contributed by atoms with Crippen LogP contribution >= 0.6 is 11.8 Å². The van der Waals surface area contributed by atoms with Gasteiger partial charge in [-0.05, 0) is 55.5 Å². The van der Waals surface area contributed by atoms with Gasteiger partial charge in [0.1, 0.15) is 11.1 Å². The average Bonchev–Trinajstić information content (AvgIpc) is 3.21. The van der Waals surface area contributed by atoms with Gasteiger partial charge in [-0.25, -0.2) is 0 Å². The quantitative estimate of drug-likeness (QED) is 0.455. The Morgan fingerprint density at radius 2 is 1.82 bits per heavy atom. The number of alkyl halides is 3. The van der Waals surface area contributed by atoms with Crippen LogP contribution in [0.25, 0.3) is 0 Å². The van der Waals surface area contributed by atoms with Gasteiger partial charge in [-0.3, -0.25) is 14.5 Å². The van der Waals surface area contributed by atoms with Crippen LogP contribution in [0.1, 0.15) is 33.8 Å². The summed E-state index contributed by atoms with van der Waals surface area (Å²) in [6, 6.07) is 18.4. The van der Waals surface area contributed by atoms with E-state index in [1.54, 1.807) is 53.4 Å². The van der Waals surface area contributed by atoms with Crippen molar-refractivity contribution in [3.05, 3.63) is 89.5 Å².